The van der Waals surface area contributed by atoms with Crippen molar-refractivity contribution in [1.82, 2.24) is 10.6 Å². The fourth-order valence-corrected chi connectivity index (χ4v) is 3.69. The number of rotatable bonds is 6. The molecule has 1 saturated heterocycles. The third-order valence-electron chi connectivity index (χ3n) is 3.91. The monoisotopic (exact) mass is 413 g/mol. The number of aliphatic imine (C=N–C) groups is 1. The van der Waals surface area contributed by atoms with E-state index >= 15 is 0 Å². The highest BCUT2D eigenvalue weighted by atomic mass is 127. The van der Waals surface area contributed by atoms with Crippen LogP contribution in [-0.4, -0.2) is 49.8 Å². The molecule has 20 heavy (non-hydrogen) atoms. The van der Waals surface area contributed by atoms with E-state index in [1.54, 1.807) is 0 Å². The molecule has 2 fully saturated rings. The van der Waals surface area contributed by atoms with Gasteiger partial charge in [0.25, 0.3) is 0 Å². The molecule has 0 amide bonds. The number of halogens is 1. The number of guanidine groups is 1. The van der Waals surface area contributed by atoms with Crippen molar-refractivity contribution in [2.75, 3.05) is 39.1 Å². The lowest BCUT2D eigenvalue weighted by Crippen LogP contribution is -2.48. The van der Waals surface area contributed by atoms with Gasteiger partial charge in [0.1, 0.15) is 0 Å². The Kier molecular flexibility index (Phi) is 8.59. The quantitative estimate of drug-likeness (QED) is 0.399. The van der Waals surface area contributed by atoms with E-state index in [9.17, 15) is 0 Å². The topological polar surface area (TPSA) is 45.7 Å². The summed E-state index contributed by atoms with van der Waals surface area (Å²) in [7, 11) is 1.85. The minimum Gasteiger partial charge on any atom is -0.381 e. The SMILES string of the molecule is CCSC1(CNC(=NC)NCC2CC2)CCOCC1.I. The highest BCUT2D eigenvalue weighted by Gasteiger charge is 2.32. The summed E-state index contributed by atoms with van der Waals surface area (Å²) in [6.45, 7) is 6.07. The molecule has 0 aromatic carbocycles. The molecule has 2 rings (SSSR count). The van der Waals surface area contributed by atoms with Crippen LogP contribution in [0.25, 0.3) is 0 Å². The molecule has 0 spiro atoms. The Morgan fingerprint density at radius 1 is 1.30 bits per heavy atom. The molecule has 0 atom stereocenters. The van der Waals surface area contributed by atoms with E-state index in [1.807, 2.05) is 7.05 Å². The number of hydrogen-bond donors (Lipinski definition) is 2. The van der Waals surface area contributed by atoms with Crippen LogP contribution in [0.15, 0.2) is 4.99 Å². The Labute approximate surface area is 144 Å². The van der Waals surface area contributed by atoms with Crippen LogP contribution in [0.4, 0.5) is 0 Å². The zero-order chi connectivity index (χ0) is 13.6. The molecule has 4 nitrogen and oxygen atoms in total. The van der Waals surface area contributed by atoms with Gasteiger partial charge in [0.15, 0.2) is 5.96 Å². The summed E-state index contributed by atoms with van der Waals surface area (Å²) in [5.74, 6) is 2.99. The lowest BCUT2D eigenvalue weighted by molar-refractivity contribution is 0.0782. The van der Waals surface area contributed by atoms with Gasteiger partial charge in [0.05, 0.1) is 0 Å². The van der Waals surface area contributed by atoms with Crippen LogP contribution in [0.5, 0.6) is 0 Å². The van der Waals surface area contributed by atoms with Crippen molar-refractivity contribution in [2.24, 2.45) is 10.9 Å². The summed E-state index contributed by atoms with van der Waals surface area (Å²) < 4.78 is 5.83. The van der Waals surface area contributed by atoms with Crippen LogP contribution in [0.1, 0.15) is 32.6 Å². The van der Waals surface area contributed by atoms with Crippen LogP contribution in [-0.2, 0) is 4.74 Å². The van der Waals surface area contributed by atoms with E-state index < -0.39 is 0 Å². The first-order valence-corrected chi connectivity index (χ1v) is 8.43. The van der Waals surface area contributed by atoms with Gasteiger partial charge < -0.3 is 15.4 Å². The van der Waals surface area contributed by atoms with E-state index in [2.05, 4.69) is 34.3 Å². The van der Waals surface area contributed by atoms with Crippen molar-refractivity contribution in [1.29, 1.82) is 0 Å². The molecule has 6 heteroatoms. The van der Waals surface area contributed by atoms with Crippen LogP contribution in [0.3, 0.4) is 0 Å². The second kappa shape index (κ2) is 9.35. The Bertz CT molecular complexity index is 299. The molecule has 1 saturated carbocycles. The Hall–Kier alpha value is 0.310. The lowest BCUT2D eigenvalue weighted by Gasteiger charge is -2.37. The van der Waals surface area contributed by atoms with Crippen LogP contribution in [0, 0.1) is 5.92 Å². The van der Waals surface area contributed by atoms with Gasteiger partial charge >= 0.3 is 0 Å². The smallest absolute Gasteiger partial charge is 0.191 e. The maximum absolute atomic E-state index is 5.50. The predicted molar refractivity (Wildman–Crippen MR) is 98.4 cm³/mol. The number of nitrogens with one attached hydrogen (secondary N) is 2. The molecule has 2 aliphatic rings. The fourth-order valence-electron chi connectivity index (χ4n) is 2.45. The lowest BCUT2D eigenvalue weighted by atomic mass is 9.99. The number of thioether (sulfide) groups is 1. The highest BCUT2D eigenvalue weighted by Crippen LogP contribution is 2.34. The van der Waals surface area contributed by atoms with Gasteiger partial charge in [0, 0.05) is 38.1 Å². The molecule has 0 unspecified atom stereocenters. The van der Waals surface area contributed by atoms with Gasteiger partial charge in [0.2, 0.25) is 0 Å². The maximum atomic E-state index is 5.50. The first-order chi connectivity index (χ1) is 9.28. The van der Waals surface area contributed by atoms with E-state index in [0.29, 0.717) is 4.75 Å². The average Bonchev–Trinajstić information content (AvgIpc) is 3.24. The summed E-state index contributed by atoms with van der Waals surface area (Å²) in [5.41, 5.74) is 0. The Morgan fingerprint density at radius 2 is 2.00 bits per heavy atom. The van der Waals surface area contributed by atoms with Crippen LogP contribution >= 0.6 is 35.7 Å². The number of hydrogen-bond acceptors (Lipinski definition) is 3. The fraction of sp³-hybridized carbons (Fsp3) is 0.929. The first-order valence-electron chi connectivity index (χ1n) is 7.44. The van der Waals surface area contributed by atoms with Crippen LogP contribution < -0.4 is 10.6 Å². The molecule has 0 aromatic rings. The Morgan fingerprint density at radius 3 is 2.55 bits per heavy atom. The van der Waals surface area contributed by atoms with Gasteiger partial charge in [-0.3, -0.25) is 4.99 Å². The highest BCUT2D eigenvalue weighted by molar-refractivity contribution is 14.0. The number of ether oxygens (including phenoxy) is 1. The van der Waals surface area contributed by atoms with Crippen molar-refractivity contribution in [2.45, 2.75) is 37.4 Å². The second-order valence-electron chi connectivity index (χ2n) is 5.48. The molecule has 0 aromatic heterocycles. The minimum absolute atomic E-state index is 0. The van der Waals surface area contributed by atoms with E-state index in [-0.39, 0.29) is 24.0 Å². The maximum Gasteiger partial charge on any atom is 0.191 e. The molecule has 118 valence electrons. The van der Waals surface area contributed by atoms with E-state index in [0.717, 1.165) is 56.8 Å². The van der Waals surface area contributed by atoms with Crippen molar-refractivity contribution in [3.05, 3.63) is 0 Å². The van der Waals surface area contributed by atoms with Crippen molar-refractivity contribution in [3.63, 3.8) is 0 Å². The molecular formula is C14H28IN3OS. The standard InChI is InChI=1S/C14H27N3OS.HI/c1-3-19-14(6-8-18-9-7-14)11-17-13(15-2)16-10-12-4-5-12;/h12H,3-11H2,1-2H3,(H2,15,16,17);1H. The summed E-state index contributed by atoms with van der Waals surface area (Å²) in [6, 6.07) is 0. The molecule has 0 radical (unpaired) electrons. The van der Waals surface area contributed by atoms with Crippen molar-refractivity contribution < 1.29 is 4.74 Å². The summed E-state index contributed by atoms with van der Waals surface area (Å²) in [6.07, 6.45) is 5.02. The summed E-state index contributed by atoms with van der Waals surface area (Å²) in [5, 5.41) is 6.94. The zero-order valence-corrected chi connectivity index (χ0v) is 15.8. The van der Waals surface area contributed by atoms with E-state index in [1.165, 1.54) is 12.8 Å². The summed E-state index contributed by atoms with van der Waals surface area (Å²) >= 11 is 2.06. The normalized spacial score (nSPS) is 22.0. The molecule has 1 aliphatic heterocycles. The molecular weight excluding hydrogens is 385 g/mol. The van der Waals surface area contributed by atoms with Crippen molar-refractivity contribution in [3.8, 4) is 0 Å². The van der Waals surface area contributed by atoms with Crippen molar-refractivity contribution >= 4 is 41.7 Å². The second-order valence-corrected chi connectivity index (χ2v) is 7.21. The summed E-state index contributed by atoms with van der Waals surface area (Å²) in [4.78, 5) is 4.32. The number of nitrogens with zero attached hydrogens (tertiary/aromatic N) is 1. The van der Waals surface area contributed by atoms with E-state index in [4.69, 9.17) is 4.74 Å². The largest absolute Gasteiger partial charge is 0.381 e. The average molecular weight is 413 g/mol. The molecule has 2 N–H and O–H groups in total. The van der Waals surface area contributed by atoms with Gasteiger partial charge in [-0.1, -0.05) is 6.92 Å². The van der Waals surface area contributed by atoms with Gasteiger partial charge in [-0.05, 0) is 37.4 Å². The third kappa shape index (κ3) is 5.97. The molecule has 1 aliphatic carbocycles. The molecule has 1 heterocycles. The third-order valence-corrected chi connectivity index (χ3v) is 5.36. The minimum atomic E-state index is 0. The van der Waals surface area contributed by atoms with Gasteiger partial charge in [-0.25, -0.2) is 0 Å². The Balaban J connectivity index is 0.00000200. The first kappa shape index (κ1) is 18.4. The van der Waals surface area contributed by atoms with Gasteiger partial charge in [-0.15, -0.1) is 24.0 Å². The molecule has 0 bridgehead atoms. The van der Waals surface area contributed by atoms with Crippen LogP contribution in [0.2, 0.25) is 0 Å². The zero-order valence-electron chi connectivity index (χ0n) is 12.6. The predicted octanol–water partition coefficient (Wildman–Crippen LogP) is 2.48. The van der Waals surface area contributed by atoms with Gasteiger partial charge in [-0.2, -0.15) is 11.8 Å².